The number of amides is 2. The normalized spacial score (nSPS) is 11.9. The lowest BCUT2D eigenvalue weighted by Gasteiger charge is -2.25. The lowest BCUT2D eigenvalue weighted by atomic mass is 10.1. The first kappa shape index (κ1) is 14.5. The van der Waals surface area contributed by atoms with Gasteiger partial charge < -0.3 is 14.6 Å². The number of urea groups is 1. The molecule has 0 bridgehead atoms. The maximum absolute atomic E-state index is 12.1. The molecule has 2 rings (SSSR count). The van der Waals surface area contributed by atoms with Crippen molar-refractivity contribution in [2.75, 3.05) is 7.05 Å². The topological polar surface area (TPSA) is 45.5 Å². The summed E-state index contributed by atoms with van der Waals surface area (Å²) in [6, 6.07) is 10.9. The molecule has 0 spiro atoms. The van der Waals surface area contributed by atoms with Crippen LogP contribution in [0.15, 0.2) is 47.1 Å². The number of halogens is 1. The molecule has 0 aliphatic heterocycles. The largest absolute Gasteiger partial charge is 0.467 e. The summed E-state index contributed by atoms with van der Waals surface area (Å²) in [7, 11) is 1.76. The van der Waals surface area contributed by atoms with Gasteiger partial charge in [-0.25, -0.2) is 4.79 Å². The molecule has 0 aliphatic rings. The Hall–Kier alpha value is -1.94. The lowest BCUT2D eigenvalue weighted by Crippen LogP contribution is -2.38. The third kappa shape index (κ3) is 3.54. The van der Waals surface area contributed by atoms with Crippen molar-refractivity contribution >= 4 is 17.6 Å². The monoisotopic (exact) mass is 292 g/mol. The van der Waals surface area contributed by atoms with Crippen molar-refractivity contribution in [2.24, 2.45) is 0 Å². The van der Waals surface area contributed by atoms with Crippen molar-refractivity contribution in [1.29, 1.82) is 0 Å². The van der Waals surface area contributed by atoms with Crippen molar-refractivity contribution in [3.63, 3.8) is 0 Å². The highest BCUT2D eigenvalue weighted by Gasteiger charge is 2.17. The predicted octanol–water partition coefficient (Wildman–Crippen LogP) is 3.84. The van der Waals surface area contributed by atoms with Gasteiger partial charge in [-0.2, -0.15) is 0 Å². The Morgan fingerprint density at radius 3 is 2.65 bits per heavy atom. The molecule has 1 N–H and O–H groups in total. The zero-order valence-corrected chi connectivity index (χ0v) is 12.2. The number of carbonyl (C=O) groups excluding carboxylic acids is 1. The molecule has 0 radical (unpaired) electrons. The van der Waals surface area contributed by atoms with Crippen LogP contribution in [0.1, 0.15) is 24.3 Å². The molecule has 0 saturated carbocycles. The second-order valence-corrected chi connectivity index (χ2v) is 5.01. The van der Waals surface area contributed by atoms with Gasteiger partial charge in [0.25, 0.3) is 0 Å². The Bertz CT molecular complexity index is 552. The number of rotatable bonds is 4. The Morgan fingerprint density at radius 2 is 2.05 bits per heavy atom. The number of hydrogen-bond donors (Lipinski definition) is 1. The lowest BCUT2D eigenvalue weighted by molar-refractivity contribution is 0.193. The third-order valence-corrected chi connectivity index (χ3v) is 3.50. The molecular formula is C15H17ClN2O2. The van der Waals surface area contributed by atoms with E-state index in [1.165, 1.54) is 0 Å². The molecule has 106 valence electrons. The van der Waals surface area contributed by atoms with Crippen LogP contribution in [0.4, 0.5) is 4.79 Å². The van der Waals surface area contributed by atoms with Gasteiger partial charge in [-0.3, -0.25) is 0 Å². The standard InChI is InChI=1S/C15H17ClN2O2/c1-11(12-5-7-13(16)8-6-12)18(2)15(19)17-10-14-4-3-9-20-14/h3-9,11H,10H2,1-2H3,(H,17,19)/t11-/m0/s1. The number of nitrogens with zero attached hydrogens (tertiary/aromatic N) is 1. The van der Waals surface area contributed by atoms with Crippen molar-refractivity contribution in [3.8, 4) is 0 Å². The first-order valence-corrected chi connectivity index (χ1v) is 6.74. The first-order chi connectivity index (χ1) is 9.58. The second-order valence-electron chi connectivity index (χ2n) is 4.58. The van der Waals surface area contributed by atoms with E-state index in [1.54, 1.807) is 24.3 Å². The van der Waals surface area contributed by atoms with E-state index in [0.717, 1.165) is 11.3 Å². The van der Waals surface area contributed by atoms with Crippen LogP contribution in [0.5, 0.6) is 0 Å². The molecule has 1 aromatic heterocycles. The molecule has 2 aromatic rings. The molecule has 20 heavy (non-hydrogen) atoms. The highest BCUT2D eigenvalue weighted by atomic mass is 35.5. The first-order valence-electron chi connectivity index (χ1n) is 6.36. The molecule has 1 aromatic carbocycles. The Labute approximate surface area is 123 Å². The van der Waals surface area contributed by atoms with Gasteiger partial charge in [-0.15, -0.1) is 0 Å². The van der Waals surface area contributed by atoms with E-state index in [0.29, 0.717) is 11.6 Å². The molecule has 0 aliphatic carbocycles. The minimum Gasteiger partial charge on any atom is -0.467 e. The van der Waals surface area contributed by atoms with Gasteiger partial charge in [0.2, 0.25) is 0 Å². The summed E-state index contributed by atoms with van der Waals surface area (Å²) >= 11 is 5.86. The quantitative estimate of drug-likeness (QED) is 0.930. The summed E-state index contributed by atoms with van der Waals surface area (Å²) in [6.07, 6.45) is 1.58. The molecule has 1 atom stereocenters. The summed E-state index contributed by atoms with van der Waals surface area (Å²) in [6.45, 7) is 2.35. The van der Waals surface area contributed by atoms with E-state index in [2.05, 4.69) is 5.32 Å². The minimum atomic E-state index is -0.149. The van der Waals surface area contributed by atoms with E-state index >= 15 is 0 Å². The molecule has 4 nitrogen and oxygen atoms in total. The van der Waals surface area contributed by atoms with Gasteiger partial charge >= 0.3 is 6.03 Å². The Morgan fingerprint density at radius 1 is 1.35 bits per heavy atom. The minimum absolute atomic E-state index is 0.0381. The fraction of sp³-hybridized carbons (Fsp3) is 0.267. The van der Waals surface area contributed by atoms with E-state index in [1.807, 2.05) is 37.3 Å². The van der Waals surface area contributed by atoms with Crippen LogP contribution in [-0.4, -0.2) is 18.0 Å². The van der Waals surface area contributed by atoms with Gasteiger partial charge in [0.1, 0.15) is 5.76 Å². The predicted molar refractivity (Wildman–Crippen MR) is 78.6 cm³/mol. The summed E-state index contributed by atoms with van der Waals surface area (Å²) in [5.74, 6) is 0.728. The maximum Gasteiger partial charge on any atom is 0.318 e. The average molecular weight is 293 g/mol. The smallest absolute Gasteiger partial charge is 0.318 e. The maximum atomic E-state index is 12.1. The number of hydrogen-bond acceptors (Lipinski definition) is 2. The zero-order valence-electron chi connectivity index (χ0n) is 11.5. The Balaban J connectivity index is 1.93. The van der Waals surface area contributed by atoms with E-state index in [9.17, 15) is 4.79 Å². The number of nitrogens with one attached hydrogen (secondary N) is 1. The van der Waals surface area contributed by atoms with E-state index in [-0.39, 0.29) is 12.1 Å². The SMILES string of the molecule is C[C@@H](c1ccc(Cl)cc1)N(C)C(=O)NCc1ccco1. The van der Waals surface area contributed by atoms with E-state index < -0.39 is 0 Å². The van der Waals surface area contributed by atoms with Crippen molar-refractivity contribution < 1.29 is 9.21 Å². The highest BCUT2D eigenvalue weighted by Crippen LogP contribution is 2.20. The molecular weight excluding hydrogens is 276 g/mol. The van der Waals surface area contributed by atoms with Gasteiger partial charge in [0.15, 0.2) is 0 Å². The van der Waals surface area contributed by atoms with Gasteiger partial charge in [0.05, 0.1) is 18.8 Å². The fourth-order valence-corrected chi connectivity index (χ4v) is 1.97. The zero-order chi connectivity index (χ0) is 14.5. The van der Waals surface area contributed by atoms with Crippen LogP contribution in [0.25, 0.3) is 0 Å². The van der Waals surface area contributed by atoms with Gasteiger partial charge in [-0.1, -0.05) is 23.7 Å². The van der Waals surface area contributed by atoms with Gasteiger partial charge in [0, 0.05) is 12.1 Å². The van der Waals surface area contributed by atoms with Crippen LogP contribution in [0, 0.1) is 0 Å². The van der Waals surface area contributed by atoms with Crippen molar-refractivity contribution in [3.05, 3.63) is 59.0 Å². The number of benzene rings is 1. The molecule has 0 saturated heterocycles. The van der Waals surface area contributed by atoms with Crippen LogP contribution < -0.4 is 5.32 Å². The van der Waals surface area contributed by atoms with Crippen LogP contribution in [0.2, 0.25) is 5.02 Å². The second kappa shape index (κ2) is 6.48. The highest BCUT2D eigenvalue weighted by molar-refractivity contribution is 6.30. The van der Waals surface area contributed by atoms with Crippen LogP contribution in [-0.2, 0) is 6.54 Å². The van der Waals surface area contributed by atoms with Gasteiger partial charge in [-0.05, 0) is 36.8 Å². The van der Waals surface area contributed by atoms with Crippen LogP contribution in [0.3, 0.4) is 0 Å². The van der Waals surface area contributed by atoms with E-state index in [4.69, 9.17) is 16.0 Å². The Kier molecular flexibility index (Phi) is 4.69. The summed E-state index contributed by atoms with van der Waals surface area (Å²) < 4.78 is 5.17. The number of carbonyl (C=O) groups is 1. The van der Waals surface area contributed by atoms with Crippen LogP contribution >= 0.6 is 11.6 Å². The van der Waals surface area contributed by atoms with Crippen molar-refractivity contribution in [1.82, 2.24) is 10.2 Å². The molecule has 5 heteroatoms. The molecule has 2 amide bonds. The summed E-state index contributed by atoms with van der Waals surface area (Å²) in [5, 5.41) is 3.50. The molecule has 0 unspecified atom stereocenters. The summed E-state index contributed by atoms with van der Waals surface area (Å²) in [4.78, 5) is 13.7. The molecule has 1 heterocycles. The fourth-order valence-electron chi connectivity index (χ4n) is 1.84. The average Bonchev–Trinajstić information content (AvgIpc) is 2.97. The van der Waals surface area contributed by atoms with Crippen molar-refractivity contribution in [2.45, 2.75) is 19.5 Å². The third-order valence-electron chi connectivity index (χ3n) is 3.25. The number of furan rings is 1. The molecule has 0 fully saturated rings. The summed E-state index contributed by atoms with van der Waals surface area (Å²) in [5.41, 5.74) is 1.03.